The van der Waals surface area contributed by atoms with E-state index in [1.54, 1.807) is 61.5 Å². The molecule has 0 aliphatic heterocycles. The van der Waals surface area contributed by atoms with E-state index in [1.807, 2.05) is 13.8 Å². The number of hydrogen-bond acceptors (Lipinski definition) is 4. The molecule has 202 valence electrons. The van der Waals surface area contributed by atoms with Gasteiger partial charge in [-0.15, -0.1) is 0 Å². The highest BCUT2D eigenvalue weighted by Crippen LogP contribution is 2.25. The highest BCUT2D eigenvalue weighted by atomic mass is 35.5. The predicted octanol–water partition coefficient (Wildman–Crippen LogP) is 5.01. The van der Waals surface area contributed by atoms with Crippen molar-refractivity contribution in [3.8, 4) is 0 Å². The van der Waals surface area contributed by atoms with Gasteiger partial charge in [0.05, 0.1) is 10.6 Å². The second-order valence-electron chi connectivity index (χ2n) is 9.00. The Morgan fingerprint density at radius 1 is 0.947 bits per heavy atom. The monoisotopic (exact) mass is 559 g/mol. The van der Waals surface area contributed by atoms with E-state index in [9.17, 15) is 22.4 Å². The molecule has 0 bridgehead atoms. The van der Waals surface area contributed by atoms with Crippen LogP contribution in [0.4, 0.5) is 10.1 Å². The second kappa shape index (κ2) is 12.9. The molecule has 0 saturated carbocycles. The first-order valence-corrected chi connectivity index (χ1v) is 14.0. The van der Waals surface area contributed by atoms with Crippen molar-refractivity contribution in [1.29, 1.82) is 0 Å². The Hall–Kier alpha value is -3.43. The summed E-state index contributed by atoms with van der Waals surface area (Å²) in [6, 6.07) is 18.5. The molecule has 0 radical (unpaired) electrons. The van der Waals surface area contributed by atoms with Gasteiger partial charge in [-0.2, -0.15) is 0 Å². The fraction of sp³-hybridized carbons (Fsp3) is 0.286. The van der Waals surface area contributed by atoms with Gasteiger partial charge < -0.3 is 10.2 Å². The number of nitrogens with zero attached hydrogens (tertiary/aromatic N) is 2. The molecule has 3 rings (SSSR count). The van der Waals surface area contributed by atoms with E-state index in [0.717, 1.165) is 28.6 Å². The molecule has 0 aliphatic carbocycles. The molecule has 0 aliphatic rings. The summed E-state index contributed by atoms with van der Waals surface area (Å²) in [7, 11) is -4.26. The van der Waals surface area contributed by atoms with Crippen LogP contribution in [0.5, 0.6) is 0 Å². The standard InChI is InChI=1S/C28H31ClFN3O4S/c1-4-26(28(35)31-20(2)3)32(18-21-10-8-9-13-25(21)29)27(34)19-33(23-11-6-5-7-12-23)38(36,37)24-16-14-22(30)15-17-24/h5-17,20,26H,4,18-19H2,1-3H3,(H,31,35)/t26-/m0/s1. The minimum absolute atomic E-state index is 0.00174. The number of benzene rings is 3. The van der Waals surface area contributed by atoms with Crippen LogP contribution in [0, 0.1) is 5.82 Å². The number of carbonyl (C=O) groups is 2. The predicted molar refractivity (Wildman–Crippen MR) is 147 cm³/mol. The van der Waals surface area contributed by atoms with E-state index in [4.69, 9.17) is 11.6 Å². The average molecular weight is 560 g/mol. The lowest BCUT2D eigenvalue weighted by Gasteiger charge is -2.33. The fourth-order valence-corrected chi connectivity index (χ4v) is 5.58. The third-order valence-electron chi connectivity index (χ3n) is 5.84. The van der Waals surface area contributed by atoms with Crippen molar-refractivity contribution in [2.75, 3.05) is 10.8 Å². The molecule has 1 atom stereocenters. The van der Waals surface area contributed by atoms with E-state index >= 15 is 0 Å². The van der Waals surface area contributed by atoms with Gasteiger partial charge in [-0.3, -0.25) is 13.9 Å². The lowest BCUT2D eigenvalue weighted by atomic mass is 10.1. The zero-order valence-corrected chi connectivity index (χ0v) is 23.0. The molecule has 1 N–H and O–H groups in total. The number of carbonyl (C=O) groups excluding carboxylic acids is 2. The van der Waals surface area contributed by atoms with Crippen molar-refractivity contribution in [3.63, 3.8) is 0 Å². The Morgan fingerprint density at radius 3 is 2.13 bits per heavy atom. The van der Waals surface area contributed by atoms with Crippen LogP contribution in [0.15, 0.2) is 83.8 Å². The highest BCUT2D eigenvalue weighted by Gasteiger charge is 2.34. The number of hydrogen-bond donors (Lipinski definition) is 1. The van der Waals surface area contributed by atoms with Crippen molar-refractivity contribution in [2.45, 2.75) is 50.7 Å². The van der Waals surface area contributed by atoms with E-state index in [2.05, 4.69) is 5.32 Å². The van der Waals surface area contributed by atoms with Gasteiger partial charge in [0.25, 0.3) is 10.0 Å². The van der Waals surface area contributed by atoms with E-state index in [0.29, 0.717) is 17.0 Å². The van der Waals surface area contributed by atoms with E-state index < -0.39 is 34.3 Å². The van der Waals surface area contributed by atoms with Crippen LogP contribution in [0.25, 0.3) is 0 Å². The van der Waals surface area contributed by atoms with Crippen molar-refractivity contribution < 1.29 is 22.4 Å². The SMILES string of the molecule is CC[C@@H](C(=O)NC(C)C)N(Cc1ccccc1Cl)C(=O)CN(c1ccccc1)S(=O)(=O)c1ccc(F)cc1. The Morgan fingerprint density at radius 2 is 1.55 bits per heavy atom. The Bertz CT molecular complexity index is 1350. The van der Waals surface area contributed by atoms with Gasteiger partial charge in [-0.1, -0.05) is 54.9 Å². The lowest BCUT2D eigenvalue weighted by molar-refractivity contribution is -0.140. The first-order valence-electron chi connectivity index (χ1n) is 12.2. The van der Waals surface area contributed by atoms with Gasteiger partial charge in [-0.05, 0) is 68.3 Å². The molecule has 0 spiro atoms. The molecular formula is C28H31ClFN3O4S. The van der Waals surface area contributed by atoms with Gasteiger partial charge in [0.2, 0.25) is 11.8 Å². The Labute approximate surface area is 228 Å². The van der Waals surface area contributed by atoms with Crippen LogP contribution < -0.4 is 9.62 Å². The van der Waals surface area contributed by atoms with Crippen LogP contribution in [-0.4, -0.2) is 43.8 Å². The maximum Gasteiger partial charge on any atom is 0.264 e. The molecule has 3 aromatic rings. The van der Waals surface area contributed by atoms with Crippen molar-refractivity contribution >= 4 is 39.1 Å². The summed E-state index contributed by atoms with van der Waals surface area (Å²) in [5, 5.41) is 3.26. The first kappa shape index (κ1) is 29.1. The largest absolute Gasteiger partial charge is 0.352 e. The van der Waals surface area contributed by atoms with Crippen LogP contribution in [0.2, 0.25) is 5.02 Å². The van der Waals surface area contributed by atoms with Crippen molar-refractivity contribution in [1.82, 2.24) is 10.2 Å². The Balaban J connectivity index is 2.05. The maximum atomic E-state index is 13.9. The maximum absolute atomic E-state index is 13.9. The van der Waals surface area contributed by atoms with Gasteiger partial charge in [0.15, 0.2) is 0 Å². The quantitative estimate of drug-likeness (QED) is 0.358. The lowest BCUT2D eigenvalue weighted by Crippen LogP contribution is -2.53. The third-order valence-corrected chi connectivity index (χ3v) is 8.00. The zero-order valence-electron chi connectivity index (χ0n) is 21.5. The second-order valence-corrected chi connectivity index (χ2v) is 11.3. The minimum atomic E-state index is -4.26. The fourth-order valence-electron chi connectivity index (χ4n) is 3.97. The topological polar surface area (TPSA) is 86.8 Å². The summed E-state index contributed by atoms with van der Waals surface area (Å²) in [6.07, 6.45) is 0.296. The third kappa shape index (κ3) is 7.11. The molecule has 0 aromatic heterocycles. The van der Waals surface area contributed by atoms with Crippen LogP contribution in [-0.2, 0) is 26.2 Å². The van der Waals surface area contributed by atoms with Crippen molar-refractivity contribution in [3.05, 3.63) is 95.3 Å². The smallest absolute Gasteiger partial charge is 0.264 e. The number of halogens is 2. The normalized spacial score (nSPS) is 12.2. The number of nitrogens with one attached hydrogen (secondary N) is 1. The van der Waals surface area contributed by atoms with E-state index in [1.165, 1.54) is 4.90 Å². The van der Waals surface area contributed by atoms with Crippen LogP contribution in [0.1, 0.15) is 32.8 Å². The number of amides is 2. The van der Waals surface area contributed by atoms with E-state index in [-0.39, 0.29) is 29.1 Å². The molecule has 0 fully saturated rings. The summed E-state index contributed by atoms with van der Waals surface area (Å²) >= 11 is 6.38. The zero-order chi connectivity index (χ0) is 27.9. The van der Waals surface area contributed by atoms with Gasteiger partial charge in [0, 0.05) is 17.6 Å². The van der Waals surface area contributed by atoms with Crippen LogP contribution in [0.3, 0.4) is 0 Å². The van der Waals surface area contributed by atoms with Gasteiger partial charge in [0.1, 0.15) is 18.4 Å². The molecule has 7 nitrogen and oxygen atoms in total. The summed E-state index contributed by atoms with van der Waals surface area (Å²) < 4.78 is 41.8. The van der Waals surface area contributed by atoms with Gasteiger partial charge in [-0.25, -0.2) is 12.8 Å². The molecule has 2 amide bonds. The van der Waals surface area contributed by atoms with Crippen molar-refractivity contribution in [2.24, 2.45) is 0 Å². The number of anilines is 1. The van der Waals surface area contributed by atoms with Crippen LogP contribution >= 0.6 is 11.6 Å². The highest BCUT2D eigenvalue weighted by molar-refractivity contribution is 7.92. The summed E-state index contributed by atoms with van der Waals surface area (Å²) in [5.74, 6) is -1.53. The molecule has 38 heavy (non-hydrogen) atoms. The number of sulfonamides is 1. The first-order chi connectivity index (χ1) is 18.0. The summed E-state index contributed by atoms with van der Waals surface area (Å²) in [5.41, 5.74) is 0.869. The number of rotatable bonds is 11. The summed E-state index contributed by atoms with van der Waals surface area (Å²) in [6.45, 7) is 4.83. The average Bonchev–Trinajstić information content (AvgIpc) is 2.88. The molecular weight excluding hydrogens is 529 g/mol. The number of para-hydroxylation sites is 1. The molecule has 3 aromatic carbocycles. The molecule has 0 saturated heterocycles. The molecule has 10 heteroatoms. The minimum Gasteiger partial charge on any atom is -0.352 e. The Kier molecular flexibility index (Phi) is 9.88. The summed E-state index contributed by atoms with van der Waals surface area (Å²) in [4.78, 5) is 28.2. The molecule has 0 unspecified atom stereocenters. The molecule has 0 heterocycles. The van der Waals surface area contributed by atoms with Gasteiger partial charge >= 0.3 is 0 Å².